The Balaban J connectivity index is 2.87. The minimum atomic E-state index is -0.521. The van der Waals surface area contributed by atoms with E-state index in [2.05, 4.69) is 17.9 Å². The number of thiol groups is 1. The zero-order valence-corrected chi connectivity index (χ0v) is 12.7. The molecule has 1 N–H and O–H groups in total. The predicted molar refractivity (Wildman–Crippen MR) is 80.4 cm³/mol. The molecule has 0 unspecified atom stereocenters. The van der Waals surface area contributed by atoms with Crippen LogP contribution in [-0.4, -0.2) is 24.6 Å². The van der Waals surface area contributed by atoms with Gasteiger partial charge in [-0.15, -0.1) is 0 Å². The predicted octanol–water partition coefficient (Wildman–Crippen LogP) is 3.51. The van der Waals surface area contributed by atoms with Gasteiger partial charge in [0.25, 0.3) is 0 Å². The number of amides is 1. The van der Waals surface area contributed by atoms with E-state index in [0.29, 0.717) is 17.2 Å². The molecular weight excluding hydrogens is 262 g/mol. The molecule has 0 aromatic heterocycles. The van der Waals surface area contributed by atoms with Gasteiger partial charge in [-0.25, -0.2) is 4.79 Å². The third-order valence-corrected chi connectivity index (χ3v) is 2.56. The summed E-state index contributed by atoms with van der Waals surface area (Å²) < 4.78 is 10.4. The third-order valence-electron chi connectivity index (χ3n) is 2.33. The summed E-state index contributed by atoms with van der Waals surface area (Å²) in [4.78, 5) is 11.8. The zero-order valence-electron chi connectivity index (χ0n) is 11.8. The van der Waals surface area contributed by atoms with E-state index < -0.39 is 11.7 Å². The summed E-state index contributed by atoms with van der Waals surface area (Å²) in [6.07, 6.45) is 0.291. The van der Waals surface area contributed by atoms with Crippen molar-refractivity contribution in [3.8, 4) is 5.75 Å². The van der Waals surface area contributed by atoms with Crippen LogP contribution in [0.25, 0.3) is 0 Å². The van der Waals surface area contributed by atoms with Crippen LogP contribution in [0.5, 0.6) is 5.75 Å². The topological polar surface area (TPSA) is 47.6 Å². The molecule has 1 rings (SSSR count). The molecule has 4 nitrogen and oxygen atoms in total. The molecule has 0 spiro atoms. The highest BCUT2D eigenvalue weighted by atomic mass is 32.1. The maximum atomic E-state index is 11.8. The normalized spacial score (nSPS) is 11.0. The van der Waals surface area contributed by atoms with Gasteiger partial charge in [0.05, 0.1) is 12.8 Å². The van der Waals surface area contributed by atoms with E-state index in [1.807, 2.05) is 32.9 Å². The second-order valence-electron chi connectivity index (χ2n) is 5.12. The van der Waals surface area contributed by atoms with Gasteiger partial charge in [0.15, 0.2) is 0 Å². The van der Waals surface area contributed by atoms with Crippen molar-refractivity contribution in [1.82, 2.24) is 0 Å². The summed E-state index contributed by atoms with van der Waals surface area (Å²) in [5.74, 6) is 1.39. The molecule has 0 aliphatic rings. The monoisotopic (exact) mass is 283 g/mol. The van der Waals surface area contributed by atoms with Crippen LogP contribution in [0.2, 0.25) is 0 Å². The standard InChI is InChI=1S/C14H21NO3S/c1-14(2,3)18-13(16)15-12-9-11(17-4)6-5-10(12)7-8-19/h5-6,9,19H,7-8H2,1-4H3,(H,15,16). The van der Waals surface area contributed by atoms with Gasteiger partial charge in [-0.3, -0.25) is 5.32 Å². The lowest BCUT2D eigenvalue weighted by molar-refractivity contribution is 0.0636. The minimum absolute atomic E-state index is 0.471. The number of rotatable bonds is 4. The fourth-order valence-electron chi connectivity index (χ4n) is 1.55. The average Bonchev–Trinajstić information content (AvgIpc) is 2.29. The molecule has 5 heteroatoms. The second-order valence-corrected chi connectivity index (χ2v) is 5.57. The number of ether oxygens (including phenoxy) is 2. The highest BCUT2D eigenvalue weighted by Crippen LogP contribution is 2.24. The fourth-order valence-corrected chi connectivity index (χ4v) is 1.79. The van der Waals surface area contributed by atoms with E-state index >= 15 is 0 Å². The summed E-state index contributed by atoms with van der Waals surface area (Å²) in [5.41, 5.74) is 1.18. The number of methoxy groups -OCH3 is 1. The quantitative estimate of drug-likeness (QED) is 0.831. The molecule has 0 fully saturated rings. The van der Waals surface area contributed by atoms with Gasteiger partial charge in [0, 0.05) is 6.07 Å². The van der Waals surface area contributed by atoms with E-state index in [1.54, 1.807) is 13.2 Å². The summed E-state index contributed by atoms with van der Waals surface area (Å²) in [6.45, 7) is 5.48. The number of hydrogen-bond acceptors (Lipinski definition) is 4. The van der Waals surface area contributed by atoms with Gasteiger partial charge in [0.2, 0.25) is 0 Å². The molecule has 0 aliphatic heterocycles. The van der Waals surface area contributed by atoms with Crippen LogP contribution in [0, 0.1) is 0 Å². The molecule has 0 atom stereocenters. The first kappa shape index (κ1) is 15.7. The Morgan fingerprint density at radius 3 is 2.58 bits per heavy atom. The molecule has 0 aliphatic carbocycles. The molecule has 0 heterocycles. The van der Waals surface area contributed by atoms with Crippen LogP contribution in [0.1, 0.15) is 26.3 Å². The fraction of sp³-hybridized carbons (Fsp3) is 0.500. The maximum absolute atomic E-state index is 11.8. The molecular formula is C14H21NO3S. The van der Waals surface area contributed by atoms with E-state index in [1.165, 1.54) is 0 Å². The highest BCUT2D eigenvalue weighted by molar-refractivity contribution is 7.80. The van der Waals surface area contributed by atoms with Crippen LogP contribution >= 0.6 is 12.6 Å². The number of nitrogens with one attached hydrogen (secondary N) is 1. The van der Waals surface area contributed by atoms with Crippen molar-refractivity contribution in [2.45, 2.75) is 32.8 Å². The Bertz CT molecular complexity index is 441. The van der Waals surface area contributed by atoms with Crippen molar-refractivity contribution in [3.05, 3.63) is 23.8 Å². The SMILES string of the molecule is COc1ccc(CCS)c(NC(=O)OC(C)(C)C)c1. The lowest BCUT2D eigenvalue weighted by Crippen LogP contribution is -2.27. The van der Waals surface area contributed by atoms with E-state index in [4.69, 9.17) is 9.47 Å². The molecule has 0 saturated heterocycles. The van der Waals surface area contributed by atoms with Gasteiger partial charge in [0.1, 0.15) is 11.4 Å². The van der Waals surface area contributed by atoms with Gasteiger partial charge < -0.3 is 9.47 Å². The van der Waals surface area contributed by atoms with E-state index in [9.17, 15) is 4.79 Å². The largest absolute Gasteiger partial charge is 0.497 e. The van der Waals surface area contributed by atoms with E-state index in [-0.39, 0.29) is 0 Å². The number of benzene rings is 1. The maximum Gasteiger partial charge on any atom is 0.412 e. The lowest BCUT2D eigenvalue weighted by Gasteiger charge is -2.20. The molecule has 0 radical (unpaired) electrons. The summed E-state index contributed by atoms with van der Waals surface area (Å²) in [7, 11) is 1.59. The van der Waals surface area contributed by atoms with Crippen molar-refractivity contribution < 1.29 is 14.3 Å². The summed E-state index contributed by atoms with van der Waals surface area (Å²) >= 11 is 4.21. The van der Waals surface area contributed by atoms with Gasteiger partial charge in [-0.1, -0.05) is 6.07 Å². The highest BCUT2D eigenvalue weighted by Gasteiger charge is 2.17. The molecule has 1 aromatic carbocycles. The first-order valence-electron chi connectivity index (χ1n) is 6.13. The summed E-state index contributed by atoms with van der Waals surface area (Å²) in [6, 6.07) is 5.56. The molecule has 106 valence electrons. The molecule has 1 aromatic rings. The molecule has 0 saturated carbocycles. The van der Waals surface area contributed by atoms with Crippen LogP contribution in [0.4, 0.5) is 10.5 Å². The van der Waals surface area contributed by atoms with Crippen molar-refractivity contribution in [1.29, 1.82) is 0 Å². The summed E-state index contributed by atoms with van der Waals surface area (Å²) in [5, 5.41) is 2.75. The average molecular weight is 283 g/mol. The van der Waals surface area contributed by atoms with Gasteiger partial charge in [-0.05, 0) is 44.6 Å². The lowest BCUT2D eigenvalue weighted by atomic mass is 10.1. The smallest absolute Gasteiger partial charge is 0.412 e. The Kier molecular flexibility index (Phi) is 5.54. The Hall–Kier alpha value is -1.36. The Morgan fingerprint density at radius 1 is 1.37 bits per heavy atom. The minimum Gasteiger partial charge on any atom is -0.497 e. The Morgan fingerprint density at radius 2 is 2.05 bits per heavy atom. The third kappa shape index (κ3) is 5.42. The van der Waals surface area contributed by atoms with Crippen molar-refractivity contribution in [3.63, 3.8) is 0 Å². The zero-order chi connectivity index (χ0) is 14.5. The molecule has 0 bridgehead atoms. The number of anilines is 1. The number of carbonyl (C=O) groups is 1. The number of aryl methyl sites for hydroxylation is 1. The van der Waals surface area contributed by atoms with Crippen LogP contribution in [0.15, 0.2) is 18.2 Å². The molecule has 19 heavy (non-hydrogen) atoms. The van der Waals surface area contributed by atoms with Crippen LogP contribution in [0.3, 0.4) is 0 Å². The first-order chi connectivity index (χ1) is 8.85. The Labute approximate surface area is 119 Å². The first-order valence-corrected chi connectivity index (χ1v) is 6.77. The second kappa shape index (κ2) is 6.70. The molecule has 1 amide bonds. The van der Waals surface area contributed by atoms with Crippen molar-refractivity contribution in [2.75, 3.05) is 18.2 Å². The van der Waals surface area contributed by atoms with Crippen LogP contribution < -0.4 is 10.1 Å². The van der Waals surface area contributed by atoms with Gasteiger partial charge >= 0.3 is 6.09 Å². The van der Waals surface area contributed by atoms with Crippen molar-refractivity contribution in [2.24, 2.45) is 0 Å². The number of hydrogen-bond donors (Lipinski definition) is 2. The van der Waals surface area contributed by atoms with Gasteiger partial charge in [-0.2, -0.15) is 12.6 Å². The van der Waals surface area contributed by atoms with Crippen LogP contribution in [-0.2, 0) is 11.2 Å². The number of carbonyl (C=O) groups excluding carboxylic acids is 1. The van der Waals surface area contributed by atoms with E-state index in [0.717, 1.165) is 12.0 Å². The van der Waals surface area contributed by atoms with Crippen molar-refractivity contribution >= 4 is 24.4 Å².